The lowest BCUT2D eigenvalue weighted by atomic mass is 9.66. The van der Waals surface area contributed by atoms with Gasteiger partial charge in [-0.3, -0.25) is 14.4 Å². The monoisotopic (exact) mass is 316 g/mol. The van der Waals surface area contributed by atoms with E-state index in [1.807, 2.05) is 6.07 Å². The van der Waals surface area contributed by atoms with Crippen molar-refractivity contribution >= 4 is 29.2 Å². The summed E-state index contributed by atoms with van der Waals surface area (Å²) in [4.78, 5) is 37.0. The third-order valence-corrected chi connectivity index (χ3v) is 4.78. The Kier molecular flexibility index (Phi) is 4.07. The number of nitrogens with zero attached hydrogens (tertiary/aromatic N) is 1. The van der Waals surface area contributed by atoms with E-state index in [-0.39, 0.29) is 18.2 Å². The first-order valence-electron chi connectivity index (χ1n) is 7.94. The summed E-state index contributed by atoms with van der Waals surface area (Å²) in [5, 5.41) is 12.1. The second kappa shape index (κ2) is 6.02. The maximum Gasteiger partial charge on any atom is 0.310 e. The molecule has 1 aliphatic carbocycles. The van der Waals surface area contributed by atoms with Crippen LogP contribution in [0.1, 0.15) is 38.5 Å². The van der Waals surface area contributed by atoms with E-state index in [0.717, 1.165) is 18.5 Å². The fourth-order valence-corrected chi connectivity index (χ4v) is 3.26. The van der Waals surface area contributed by atoms with Gasteiger partial charge in [-0.15, -0.1) is 0 Å². The zero-order chi connectivity index (χ0) is 16.4. The summed E-state index contributed by atoms with van der Waals surface area (Å²) in [5.41, 5.74) is 0.459. The van der Waals surface area contributed by atoms with Crippen LogP contribution in [-0.2, 0) is 14.4 Å². The SMILES string of the molecule is O=C(CC1(C(=O)O)CCC1)Nc1cccc(N2CCCC2=O)c1. The molecule has 0 atom stereocenters. The van der Waals surface area contributed by atoms with Crippen LogP contribution >= 0.6 is 0 Å². The van der Waals surface area contributed by atoms with Gasteiger partial charge in [-0.1, -0.05) is 12.5 Å². The fraction of sp³-hybridized carbons (Fsp3) is 0.471. The molecule has 2 fully saturated rings. The standard InChI is InChI=1S/C17H20N2O4/c20-14(11-17(16(22)23)7-3-8-17)18-12-4-1-5-13(10-12)19-9-2-6-15(19)21/h1,4-5,10H,2-3,6-9,11H2,(H,18,20)(H,22,23). The molecule has 0 bridgehead atoms. The van der Waals surface area contributed by atoms with Crippen molar-refractivity contribution < 1.29 is 19.5 Å². The molecule has 6 nitrogen and oxygen atoms in total. The van der Waals surface area contributed by atoms with Gasteiger partial charge in [0.15, 0.2) is 0 Å². The van der Waals surface area contributed by atoms with Crippen molar-refractivity contribution in [1.82, 2.24) is 0 Å². The highest BCUT2D eigenvalue weighted by molar-refractivity contribution is 5.98. The molecule has 0 radical (unpaired) electrons. The molecule has 0 spiro atoms. The van der Waals surface area contributed by atoms with Crippen molar-refractivity contribution in [1.29, 1.82) is 0 Å². The molecule has 1 aromatic rings. The van der Waals surface area contributed by atoms with Gasteiger partial charge in [0.25, 0.3) is 0 Å². The smallest absolute Gasteiger partial charge is 0.310 e. The van der Waals surface area contributed by atoms with Gasteiger partial charge in [-0.25, -0.2) is 0 Å². The number of carbonyl (C=O) groups excluding carboxylic acids is 2. The van der Waals surface area contributed by atoms with E-state index >= 15 is 0 Å². The summed E-state index contributed by atoms with van der Waals surface area (Å²) in [6, 6.07) is 7.13. The van der Waals surface area contributed by atoms with Crippen LogP contribution in [0, 0.1) is 5.41 Å². The largest absolute Gasteiger partial charge is 0.481 e. The predicted molar refractivity (Wildman–Crippen MR) is 85.2 cm³/mol. The predicted octanol–water partition coefficient (Wildman–Crippen LogP) is 2.40. The summed E-state index contributed by atoms with van der Waals surface area (Å²) >= 11 is 0. The molecular weight excluding hydrogens is 296 g/mol. The molecule has 2 aliphatic rings. The molecule has 0 aromatic heterocycles. The number of carboxylic acids is 1. The Hall–Kier alpha value is -2.37. The van der Waals surface area contributed by atoms with Gasteiger partial charge in [0.1, 0.15) is 0 Å². The minimum absolute atomic E-state index is 0.00476. The van der Waals surface area contributed by atoms with Gasteiger partial charge in [0.05, 0.1) is 5.41 Å². The molecule has 1 aromatic carbocycles. The van der Waals surface area contributed by atoms with Gasteiger partial charge in [0, 0.05) is 30.8 Å². The Morgan fingerprint density at radius 3 is 2.61 bits per heavy atom. The Labute approximate surface area is 134 Å². The number of carbonyl (C=O) groups is 3. The summed E-state index contributed by atoms with van der Waals surface area (Å²) in [5.74, 6) is -1.10. The lowest BCUT2D eigenvalue weighted by molar-refractivity contribution is -0.157. The van der Waals surface area contributed by atoms with E-state index < -0.39 is 11.4 Å². The van der Waals surface area contributed by atoms with Crippen molar-refractivity contribution in [2.24, 2.45) is 5.41 Å². The molecule has 2 N–H and O–H groups in total. The van der Waals surface area contributed by atoms with Crippen LogP contribution in [0.3, 0.4) is 0 Å². The number of hydrogen-bond donors (Lipinski definition) is 2. The topological polar surface area (TPSA) is 86.7 Å². The summed E-state index contributed by atoms with van der Waals surface area (Å²) in [6.45, 7) is 0.693. The molecule has 122 valence electrons. The number of amides is 2. The van der Waals surface area contributed by atoms with E-state index in [1.54, 1.807) is 23.1 Å². The van der Waals surface area contributed by atoms with Crippen LogP contribution in [0.15, 0.2) is 24.3 Å². The zero-order valence-corrected chi connectivity index (χ0v) is 12.9. The average molecular weight is 316 g/mol. The highest BCUT2D eigenvalue weighted by Gasteiger charge is 2.45. The first kappa shape index (κ1) is 15.5. The molecule has 1 saturated heterocycles. The van der Waals surface area contributed by atoms with E-state index in [9.17, 15) is 19.5 Å². The third kappa shape index (κ3) is 3.06. The van der Waals surface area contributed by atoms with Crippen molar-refractivity contribution in [2.75, 3.05) is 16.8 Å². The number of aliphatic carboxylic acids is 1. The first-order valence-corrected chi connectivity index (χ1v) is 7.94. The van der Waals surface area contributed by atoms with E-state index in [0.29, 0.717) is 31.5 Å². The average Bonchev–Trinajstić information content (AvgIpc) is 2.89. The van der Waals surface area contributed by atoms with Crippen LogP contribution in [-0.4, -0.2) is 29.4 Å². The molecular formula is C17H20N2O4. The van der Waals surface area contributed by atoms with Gasteiger partial charge in [0.2, 0.25) is 11.8 Å². The van der Waals surface area contributed by atoms with Gasteiger partial charge < -0.3 is 15.3 Å². The Bertz CT molecular complexity index is 652. The van der Waals surface area contributed by atoms with Crippen molar-refractivity contribution in [3.8, 4) is 0 Å². The van der Waals surface area contributed by atoms with Crippen LogP contribution < -0.4 is 10.2 Å². The maximum atomic E-state index is 12.2. The number of carboxylic acid groups (broad SMARTS) is 1. The molecule has 23 heavy (non-hydrogen) atoms. The van der Waals surface area contributed by atoms with Crippen LogP contribution in [0.25, 0.3) is 0 Å². The minimum atomic E-state index is -0.896. The number of anilines is 2. The molecule has 0 unspecified atom stereocenters. The Morgan fingerprint density at radius 1 is 1.26 bits per heavy atom. The number of hydrogen-bond acceptors (Lipinski definition) is 3. The van der Waals surface area contributed by atoms with E-state index in [1.165, 1.54) is 0 Å². The Morgan fingerprint density at radius 2 is 2.04 bits per heavy atom. The minimum Gasteiger partial charge on any atom is -0.481 e. The van der Waals surface area contributed by atoms with Gasteiger partial charge in [-0.05, 0) is 37.5 Å². The molecule has 6 heteroatoms. The second-order valence-corrected chi connectivity index (χ2v) is 6.36. The Balaban J connectivity index is 1.67. The quantitative estimate of drug-likeness (QED) is 0.873. The van der Waals surface area contributed by atoms with Crippen molar-refractivity contribution in [3.05, 3.63) is 24.3 Å². The van der Waals surface area contributed by atoms with Crippen LogP contribution in [0.5, 0.6) is 0 Å². The number of rotatable bonds is 5. The molecule has 1 aliphatic heterocycles. The molecule has 1 saturated carbocycles. The van der Waals surface area contributed by atoms with Crippen molar-refractivity contribution in [2.45, 2.75) is 38.5 Å². The molecule has 3 rings (SSSR count). The highest BCUT2D eigenvalue weighted by Crippen LogP contribution is 2.44. The molecule has 1 heterocycles. The lowest BCUT2D eigenvalue weighted by Crippen LogP contribution is -2.41. The summed E-state index contributed by atoms with van der Waals surface area (Å²) < 4.78 is 0. The third-order valence-electron chi connectivity index (χ3n) is 4.78. The number of benzene rings is 1. The fourth-order valence-electron chi connectivity index (χ4n) is 3.26. The zero-order valence-electron chi connectivity index (χ0n) is 12.9. The van der Waals surface area contributed by atoms with Gasteiger partial charge >= 0.3 is 5.97 Å². The van der Waals surface area contributed by atoms with E-state index in [2.05, 4.69) is 5.32 Å². The van der Waals surface area contributed by atoms with Gasteiger partial charge in [-0.2, -0.15) is 0 Å². The van der Waals surface area contributed by atoms with Crippen molar-refractivity contribution in [3.63, 3.8) is 0 Å². The normalized spacial score (nSPS) is 19.3. The maximum absolute atomic E-state index is 12.2. The van der Waals surface area contributed by atoms with E-state index in [4.69, 9.17) is 0 Å². The second-order valence-electron chi connectivity index (χ2n) is 6.36. The molecule has 2 amide bonds. The highest BCUT2D eigenvalue weighted by atomic mass is 16.4. The first-order chi connectivity index (χ1) is 11.0. The number of nitrogens with one attached hydrogen (secondary N) is 1. The summed E-state index contributed by atoms with van der Waals surface area (Å²) in [6.07, 6.45) is 3.35. The summed E-state index contributed by atoms with van der Waals surface area (Å²) in [7, 11) is 0. The lowest BCUT2D eigenvalue weighted by Gasteiger charge is -2.36. The van der Waals surface area contributed by atoms with Crippen LogP contribution in [0.4, 0.5) is 11.4 Å². The van der Waals surface area contributed by atoms with Crippen LogP contribution in [0.2, 0.25) is 0 Å².